The third-order valence-corrected chi connectivity index (χ3v) is 10.1. The molecule has 0 aromatic heterocycles. The molecule has 1 saturated heterocycles. The number of hydrogen-bond acceptors (Lipinski definition) is 10. The molecule has 0 amide bonds. The predicted octanol–water partition coefficient (Wildman–Crippen LogP) is 11.0. The van der Waals surface area contributed by atoms with Gasteiger partial charge < -0.3 is 29.3 Å². The van der Waals surface area contributed by atoms with Gasteiger partial charge in [-0.25, -0.2) is 4.57 Å². The molecule has 1 rings (SSSR count). The molecular formula is C48H77O11P. The molecule has 11 nitrogen and oxygen atoms in total. The van der Waals surface area contributed by atoms with Gasteiger partial charge in [-0.1, -0.05) is 130 Å². The van der Waals surface area contributed by atoms with E-state index in [4.69, 9.17) is 23.8 Å². The molecule has 340 valence electrons. The van der Waals surface area contributed by atoms with Gasteiger partial charge in [0.05, 0.1) is 32.0 Å². The Hall–Kier alpha value is -3.15. The van der Waals surface area contributed by atoms with Gasteiger partial charge in [0.25, 0.3) is 0 Å². The van der Waals surface area contributed by atoms with Crippen LogP contribution >= 0.6 is 7.82 Å². The van der Waals surface area contributed by atoms with Crippen LogP contribution in [-0.2, 0) is 37.4 Å². The Morgan fingerprint density at radius 1 is 0.617 bits per heavy atom. The quantitative estimate of drug-likeness (QED) is 0.0177. The lowest BCUT2D eigenvalue weighted by Crippen LogP contribution is -2.30. The highest BCUT2D eigenvalue weighted by Crippen LogP contribution is 2.43. The van der Waals surface area contributed by atoms with Crippen LogP contribution in [0.5, 0.6) is 0 Å². The minimum atomic E-state index is -4.66. The molecule has 60 heavy (non-hydrogen) atoms. The first-order valence-electron chi connectivity index (χ1n) is 22.3. The third-order valence-electron chi connectivity index (χ3n) is 9.15. The van der Waals surface area contributed by atoms with Crippen LogP contribution in [0, 0.1) is 0 Å². The van der Waals surface area contributed by atoms with Crippen molar-refractivity contribution in [1.29, 1.82) is 0 Å². The molecule has 5 atom stereocenters. The average molecular weight is 861 g/mol. The zero-order valence-corrected chi connectivity index (χ0v) is 37.5. The number of aliphatic hydroxyl groups is 2. The van der Waals surface area contributed by atoms with Gasteiger partial charge >= 0.3 is 19.8 Å². The van der Waals surface area contributed by atoms with E-state index in [1.807, 2.05) is 0 Å². The van der Waals surface area contributed by atoms with Crippen LogP contribution in [0.1, 0.15) is 142 Å². The maximum absolute atomic E-state index is 12.7. The molecule has 1 aliphatic heterocycles. The molecule has 0 bridgehead atoms. The monoisotopic (exact) mass is 861 g/mol. The fourth-order valence-corrected chi connectivity index (χ4v) is 6.42. The molecule has 1 heterocycles. The van der Waals surface area contributed by atoms with Gasteiger partial charge in [0.1, 0.15) is 12.7 Å². The van der Waals surface area contributed by atoms with Crippen LogP contribution in [0.2, 0.25) is 0 Å². The minimum Gasteiger partial charge on any atom is -0.462 e. The zero-order chi connectivity index (χ0) is 43.8. The number of phosphoric ester groups is 1. The lowest BCUT2D eigenvalue weighted by Gasteiger charge is -2.20. The maximum atomic E-state index is 12.7. The number of carbonyl (C=O) groups excluding carboxylic acids is 2. The van der Waals surface area contributed by atoms with Crippen molar-refractivity contribution in [3.63, 3.8) is 0 Å². The summed E-state index contributed by atoms with van der Waals surface area (Å²) in [7, 11) is -4.66. The molecule has 3 unspecified atom stereocenters. The molecule has 12 heteroatoms. The molecular weight excluding hydrogens is 783 g/mol. The van der Waals surface area contributed by atoms with E-state index in [0.29, 0.717) is 19.3 Å². The molecule has 0 aliphatic carbocycles. The summed E-state index contributed by atoms with van der Waals surface area (Å²) in [5.74, 6) is -1.05. The van der Waals surface area contributed by atoms with E-state index in [2.05, 4.69) is 116 Å². The lowest BCUT2D eigenvalue weighted by molar-refractivity contribution is -0.161. The number of aliphatic hydroxyl groups excluding tert-OH is 2. The molecule has 1 fully saturated rings. The zero-order valence-electron chi connectivity index (χ0n) is 36.6. The number of phosphoric acid groups is 1. The average Bonchev–Trinajstić information content (AvgIpc) is 3.99. The summed E-state index contributed by atoms with van der Waals surface area (Å²) in [5, 5.41) is 18.4. The van der Waals surface area contributed by atoms with Gasteiger partial charge in [0, 0.05) is 12.8 Å². The Morgan fingerprint density at radius 3 is 1.70 bits per heavy atom. The molecule has 0 spiro atoms. The topological polar surface area (TPSA) is 161 Å². The summed E-state index contributed by atoms with van der Waals surface area (Å²) < 4.78 is 38.5. The van der Waals surface area contributed by atoms with E-state index in [1.54, 1.807) is 0 Å². The summed E-state index contributed by atoms with van der Waals surface area (Å²) in [6.07, 6.45) is 49.6. The number of rotatable bonds is 39. The first-order chi connectivity index (χ1) is 29.2. The number of allylic oxidation sites excluding steroid dienone is 15. The fraction of sp³-hybridized carbons (Fsp3) is 0.625. The van der Waals surface area contributed by atoms with Crippen LogP contribution in [0.3, 0.4) is 0 Å². The van der Waals surface area contributed by atoms with Crippen LogP contribution in [0.25, 0.3) is 0 Å². The van der Waals surface area contributed by atoms with Crippen LogP contribution in [0.15, 0.2) is 97.2 Å². The summed E-state index contributed by atoms with van der Waals surface area (Å²) in [6, 6.07) is 0. The van der Waals surface area contributed by atoms with E-state index in [-0.39, 0.29) is 31.7 Å². The second kappa shape index (κ2) is 38.7. The van der Waals surface area contributed by atoms with Crippen molar-refractivity contribution in [2.45, 2.75) is 167 Å². The Balaban J connectivity index is 2.34. The minimum absolute atomic E-state index is 0.0784. The van der Waals surface area contributed by atoms with Crippen molar-refractivity contribution in [3.05, 3.63) is 97.2 Å². The van der Waals surface area contributed by atoms with E-state index >= 15 is 0 Å². The Labute approximate surface area is 361 Å². The Kier molecular flexibility index (Phi) is 35.4. The number of hydrogen-bond donors (Lipinski definition) is 3. The predicted molar refractivity (Wildman–Crippen MR) is 241 cm³/mol. The molecule has 0 radical (unpaired) electrons. The van der Waals surface area contributed by atoms with Gasteiger partial charge in [0.2, 0.25) is 0 Å². The molecule has 0 aromatic carbocycles. The Bertz CT molecular complexity index is 1380. The van der Waals surface area contributed by atoms with Crippen molar-refractivity contribution >= 4 is 19.8 Å². The number of epoxide rings is 1. The third kappa shape index (κ3) is 35.6. The largest absolute Gasteiger partial charge is 0.472 e. The summed E-state index contributed by atoms with van der Waals surface area (Å²) in [4.78, 5) is 35.1. The number of ether oxygens (including phenoxy) is 3. The maximum Gasteiger partial charge on any atom is 0.472 e. The van der Waals surface area contributed by atoms with E-state index < -0.39 is 51.8 Å². The fourth-order valence-electron chi connectivity index (χ4n) is 5.63. The Morgan fingerprint density at radius 2 is 1.13 bits per heavy atom. The lowest BCUT2D eigenvalue weighted by atomic mass is 10.1. The van der Waals surface area contributed by atoms with Crippen molar-refractivity contribution in [2.75, 3.05) is 26.4 Å². The van der Waals surface area contributed by atoms with Crippen LogP contribution in [0.4, 0.5) is 0 Å². The van der Waals surface area contributed by atoms with E-state index in [1.165, 1.54) is 19.3 Å². The van der Waals surface area contributed by atoms with Gasteiger partial charge in [-0.2, -0.15) is 0 Å². The van der Waals surface area contributed by atoms with Gasteiger partial charge in [-0.05, 0) is 96.3 Å². The van der Waals surface area contributed by atoms with E-state index in [0.717, 1.165) is 77.0 Å². The standard InChI is InChI=1S/C48H77O11P/c1-3-5-7-9-11-13-15-17-18-19-20-21-22-23-25-27-29-31-33-37-47(51)55-41-44(42-57-60(53,54)56-40-43(50)39-49)58-48(52)38-34-36-46-45(59-46)35-32-30-28-26-24-16-14-12-10-8-6-4-2/h5,7,11-14,17-18,20-21,23-26,30,32,43-46,49-50H,3-4,6,8-10,15-16,19,22,27-29,31,33-42H2,1-2H3,(H,53,54)/b7-5-,13-11-,14-12-,18-17-,21-20-,25-23-,26-24-,32-30-/t43-,44+,45?,46?/m0/s1. The normalized spacial score (nSPS) is 18.1. The SMILES string of the molecule is CC/C=C\C/C=C\C/C=C\C/C=C\C/C=C\CCCCCC(=O)OC[C@H](COP(=O)(O)OC[C@@H](O)CO)OC(=O)CCCC1OC1C/C=C\C/C=C\C/C=C\CCCCC. The van der Waals surface area contributed by atoms with Gasteiger partial charge in [0.15, 0.2) is 6.10 Å². The highest BCUT2D eigenvalue weighted by molar-refractivity contribution is 7.47. The molecule has 3 N–H and O–H groups in total. The number of carbonyl (C=O) groups is 2. The molecule has 1 aliphatic rings. The summed E-state index contributed by atoms with van der Waals surface area (Å²) >= 11 is 0. The van der Waals surface area contributed by atoms with Gasteiger partial charge in [-0.15, -0.1) is 0 Å². The number of unbranched alkanes of at least 4 members (excludes halogenated alkanes) is 6. The molecule has 0 saturated carbocycles. The van der Waals surface area contributed by atoms with E-state index in [9.17, 15) is 24.2 Å². The van der Waals surface area contributed by atoms with Crippen molar-refractivity contribution in [3.8, 4) is 0 Å². The van der Waals surface area contributed by atoms with Crippen LogP contribution < -0.4 is 0 Å². The van der Waals surface area contributed by atoms with Crippen molar-refractivity contribution in [1.82, 2.24) is 0 Å². The smallest absolute Gasteiger partial charge is 0.462 e. The number of esters is 2. The summed E-state index contributed by atoms with van der Waals surface area (Å²) in [5.41, 5.74) is 0. The van der Waals surface area contributed by atoms with Gasteiger partial charge in [-0.3, -0.25) is 18.6 Å². The second-order valence-electron chi connectivity index (χ2n) is 14.7. The molecule has 0 aromatic rings. The first-order valence-corrected chi connectivity index (χ1v) is 23.8. The second-order valence-corrected chi connectivity index (χ2v) is 16.2. The summed E-state index contributed by atoms with van der Waals surface area (Å²) in [6.45, 7) is 2.09. The van der Waals surface area contributed by atoms with Crippen LogP contribution in [-0.4, -0.2) is 77.9 Å². The first kappa shape index (κ1) is 54.9. The van der Waals surface area contributed by atoms with Crippen molar-refractivity contribution in [2.24, 2.45) is 0 Å². The highest BCUT2D eigenvalue weighted by Gasteiger charge is 2.37. The highest BCUT2D eigenvalue weighted by atomic mass is 31.2. The van der Waals surface area contributed by atoms with Crippen molar-refractivity contribution < 1.29 is 52.5 Å².